The molecule has 3 aromatic heterocycles. The van der Waals surface area contributed by atoms with Crippen molar-refractivity contribution in [2.45, 2.75) is 26.8 Å². The van der Waals surface area contributed by atoms with Crippen LogP contribution in [0.1, 0.15) is 29.9 Å². The Morgan fingerprint density at radius 2 is 2.08 bits per heavy atom. The van der Waals surface area contributed by atoms with E-state index in [1.165, 1.54) is 11.3 Å². The molecule has 0 bridgehead atoms. The van der Waals surface area contributed by atoms with Crippen LogP contribution in [0.3, 0.4) is 0 Å². The second-order valence-electron chi connectivity index (χ2n) is 6.47. The minimum Gasteiger partial charge on any atom is -0.480 e. The fourth-order valence-electron chi connectivity index (χ4n) is 2.91. The van der Waals surface area contributed by atoms with Crippen LogP contribution in [0.4, 0.5) is 0 Å². The molecule has 3 aromatic rings. The molecular weight excluding hydrogens is 352 g/mol. The highest BCUT2D eigenvalue weighted by Crippen LogP contribution is 2.29. The van der Waals surface area contributed by atoms with Gasteiger partial charge in [0.25, 0.3) is 5.91 Å². The second kappa shape index (κ2) is 6.87. The summed E-state index contributed by atoms with van der Waals surface area (Å²) in [5, 5.41) is 19.0. The summed E-state index contributed by atoms with van der Waals surface area (Å²) < 4.78 is 1.63. The summed E-state index contributed by atoms with van der Waals surface area (Å²) >= 11 is 1.52. The molecule has 26 heavy (non-hydrogen) atoms. The molecule has 3 heterocycles. The first-order valence-corrected chi connectivity index (χ1v) is 9.09. The van der Waals surface area contributed by atoms with Gasteiger partial charge in [-0.1, -0.05) is 19.9 Å². The molecule has 0 aliphatic carbocycles. The molecule has 1 atom stereocenters. The number of aromatic nitrogens is 3. The number of pyridine rings is 1. The van der Waals surface area contributed by atoms with E-state index in [1.54, 1.807) is 31.6 Å². The van der Waals surface area contributed by atoms with Crippen molar-refractivity contribution in [1.82, 2.24) is 20.1 Å². The molecule has 0 aromatic carbocycles. The number of aliphatic carboxylic acids is 1. The van der Waals surface area contributed by atoms with Crippen molar-refractivity contribution in [1.29, 1.82) is 0 Å². The van der Waals surface area contributed by atoms with Crippen LogP contribution >= 0.6 is 11.3 Å². The van der Waals surface area contributed by atoms with Gasteiger partial charge in [-0.25, -0.2) is 9.78 Å². The number of nitrogens with zero attached hydrogens (tertiary/aromatic N) is 3. The highest BCUT2D eigenvalue weighted by Gasteiger charge is 2.26. The summed E-state index contributed by atoms with van der Waals surface area (Å²) in [5.41, 5.74) is 2.32. The summed E-state index contributed by atoms with van der Waals surface area (Å²) in [6.07, 6.45) is 0. The summed E-state index contributed by atoms with van der Waals surface area (Å²) in [7, 11) is 1.77. The van der Waals surface area contributed by atoms with E-state index in [-0.39, 0.29) is 5.92 Å². The van der Waals surface area contributed by atoms with Crippen molar-refractivity contribution in [3.63, 3.8) is 0 Å². The highest BCUT2D eigenvalue weighted by molar-refractivity contribution is 7.13. The van der Waals surface area contributed by atoms with Gasteiger partial charge in [-0.05, 0) is 30.4 Å². The van der Waals surface area contributed by atoms with Crippen molar-refractivity contribution in [2.24, 2.45) is 13.0 Å². The molecule has 0 radical (unpaired) electrons. The van der Waals surface area contributed by atoms with Crippen LogP contribution in [0.15, 0.2) is 23.6 Å². The van der Waals surface area contributed by atoms with Crippen LogP contribution in [0.25, 0.3) is 21.6 Å². The van der Waals surface area contributed by atoms with E-state index < -0.39 is 17.9 Å². The van der Waals surface area contributed by atoms with E-state index in [0.717, 1.165) is 4.88 Å². The van der Waals surface area contributed by atoms with Gasteiger partial charge >= 0.3 is 5.97 Å². The van der Waals surface area contributed by atoms with Crippen LogP contribution in [0.2, 0.25) is 0 Å². The molecule has 0 saturated heterocycles. The molecule has 0 aliphatic rings. The van der Waals surface area contributed by atoms with Crippen molar-refractivity contribution >= 4 is 34.2 Å². The Bertz CT molecular complexity index is 976. The number of hydrogen-bond acceptors (Lipinski definition) is 5. The Morgan fingerprint density at radius 1 is 1.35 bits per heavy atom. The third-order valence-corrected chi connectivity index (χ3v) is 5.10. The lowest BCUT2D eigenvalue weighted by Gasteiger charge is -2.18. The molecule has 0 aliphatic heterocycles. The van der Waals surface area contributed by atoms with Crippen LogP contribution in [-0.4, -0.2) is 37.8 Å². The van der Waals surface area contributed by atoms with E-state index in [2.05, 4.69) is 15.4 Å². The fourth-order valence-corrected chi connectivity index (χ4v) is 3.59. The highest BCUT2D eigenvalue weighted by atomic mass is 32.1. The molecule has 0 saturated carbocycles. The molecule has 7 nitrogen and oxygen atoms in total. The van der Waals surface area contributed by atoms with Crippen molar-refractivity contribution < 1.29 is 14.7 Å². The van der Waals surface area contributed by atoms with Gasteiger partial charge in [0.05, 0.1) is 27.2 Å². The van der Waals surface area contributed by atoms with E-state index in [4.69, 9.17) is 0 Å². The normalized spacial score (nSPS) is 12.5. The van der Waals surface area contributed by atoms with Crippen molar-refractivity contribution in [3.8, 4) is 10.6 Å². The van der Waals surface area contributed by atoms with Crippen molar-refractivity contribution in [3.05, 3.63) is 34.8 Å². The van der Waals surface area contributed by atoms with Crippen LogP contribution in [0.5, 0.6) is 0 Å². The van der Waals surface area contributed by atoms with Gasteiger partial charge in [-0.3, -0.25) is 9.48 Å². The molecule has 0 spiro atoms. The van der Waals surface area contributed by atoms with Gasteiger partial charge in [0, 0.05) is 7.05 Å². The first-order chi connectivity index (χ1) is 12.3. The number of aryl methyl sites for hydroxylation is 2. The number of hydrogen-bond donors (Lipinski definition) is 2. The average molecular weight is 372 g/mol. The zero-order chi connectivity index (χ0) is 19.0. The lowest BCUT2D eigenvalue weighted by atomic mass is 10.0. The van der Waals surface area contributed by atoms with E-state index >= 15 is 0 Å². The van der Waals surface area contributed by atoms with Crippen LogP contribution in [-0.2, 0) is 11.8 Å². The van der Waals surface area contributed by atoms with E-state index in [0.29, 0.717) is 28.0 Å². The summed E-state index contributed by atoms with van der Waals surface area (Å²) in [6.45, 7) is 5.32. The first-order valence-electron chi connectivity index (χ1n) is 8.21. The maximum atomic E-state index is 12.9. The maximum absolute atomic E-state index is 12.9. The number of carbonyl (C=O) groups is 2. The number of carboxylic acids is 1. The molecular formula is C18H20N4O3S. The topological polar surface area (TPSA) is 97.1 Å². The molecule has 1 amide bonds. The van der Waals surface area contributed by atoms with Gasteiger partial charge in [-0.15, -0.1) is 11.3 Å². The molecule has 0 unspecified atom stereocenters. The smallest absolute Gasteiger partial charge is 0.326 e. The third-order valence-electron chi connectivity index (χ3n) is 4.21. The number of amides is 1. The zero-order valence-electron chi connectivity index (χ0n) is 15.0. The second-order valence-corrected chi connectivity index (χ2v) is 7.42. The number of thiophene rings is 1. The Labute approximate surface area is 154 Å². The predicted molar refractivity (Wildman–Crippen MR) is 100 cm³/mol. The number of fused-ring (bicyclic) bond motifs is 1. The molecule has 3 rings (SSSR count). The number of nitrogens with one attached hydrogen (secondary N) is 1. The SMILES string of the molecule is Cc1nn(C)c2nc(-c3cccs3)cc(C(=O)N[C@H](C(=O)O)C(C)C)c12. The quantitative estimate of drug-likeness (QED) is 0.718. The first kappa shape index (κ1) is 18.1. The molecule has 2 N–H and O–H groups in total. The summed E-state index contributed by atoms with van der Waals surface area (Å²) in [6, 6.07) is 4.59. The van der Waals surface area contributed by atoms with E-state index in [1.807, 2.05) is 24.4 Å². The van der Waals surface area contributed by atoms with Crippen LogP contribution in [0, 0.1) is 12.8 Å². The third kappa shape index (κ3) is 3.20. The minimum absolute atomic E-state index is 0.236. The number of carboxylic acid groups (broad SMARTS) is 1. The zero-order valence-corrected chi connectivity index (χ0v) is 15.8. The van der Waals surface area contributed by atoms with E-state index in [9.17, 15) is 14.7 Å². The largest absolute Gasteiger partial charge is 0.480 e. The van der Waals surface area contributed by atoms with Gasteiger partial charge in [-0.2, -0.15) is 5.10 Å². The predicted octanol–water partition coefficient (Wildman–Crippen LogP) is 2.84. The minimum atomic E-state index is -1.06. The number of rotatable bonds is 5. The Hall–Kier alpha value is -2.74. The monoisotopic (exact) mass is 372 g/mol. The standard InChI is InChI=1S/C18H20N4O3S/c1-9(2)15(18(24)25)20-17(23)11-8-12(13-6-5-7-26-13)19-16-14(11)10(3)21-22(16)4/h5-9,15H,1-4H3,(H,20,23)(H,24,25)/t15-/m0/s1. The molecule has 8 heteroatoms. The Morgan fingerprint density at radius 3 is 2.65 bits per heavy atom. The van der Waals surface area contributed by atoms with Crippen molar-refractivity contribution in [2.75, 3.05) is 0 Å². The molecule has 0 fully saturated rings. The summed E-state index contributed by atoms with van der Waals surface area (Å²) in [5.74, 6) is -1.73. The summed E-state index contributed by atoms with van der Waals surface area (Å²) in [4.78, 5) is 30.0. The lowest BCUT2D eigenvalue weighted by molar-refractivity contribution is -0.140. The lowest BCUT2D eigenvalue weighted by Crippen LogP contribution is -2.44. The Kier molecular flexibility index (Phi) is 4.78. The van der Waals surface area contributed by atoms with Gasteiger partial charge < -0.3 is 10.4 Å². The van der Waals surface area contributed by atoms with Gasteiger partial charge in [0.1, 0.15) is 6.04 Å². The molecule has 136 valence electrons. The van der Waals surface area contributed by atoms with Gasteiger partial charge in [0.15, 0.2) is 5.65 Å². The average Bonchev–Trinajstić information content (AvgIpc) is 3.20. The van der Waals surface area contributed by atoms with Crippen LogP contribution < -0.4 is 5.32 Å². The fraction of sp³-hybridized carbons (Fsp3) is 0.333. The number of carbonyl (C=O) groups excluding carboxylic acids is 1. The maximum Gasteiger partial charge on any atom is 0.326 e. The van der Waals surface area contributed by atoms with Gasteiger partial charge in [0.2, 0.25) is 0 Å². The Balaban J connectivity index is 2.14.